The maximum Gasteiger partial charge on any atom is 0.231 e. The normalized spacial score (nSPS) is 17.7. The van der Waals surface area contributed by atoms with Crippen LogP contribution in [0.1, 0.15) is 25.3 Å². The number of nitrogens with zero attached hydrogens (tertiary/aromatic N) is 2. The molecule has 7 nitrogen and oxygen atoms in total. The SMILES string of the molecule is CCNC(=NCC1CCN(CCOC)CC1)NCCc1ccc2c(c1)OCO2. The first-order valence-electron chi connectivity index (χ1n) is 10.4. The third-order valence-corrected chi connectivity index (χ3v) is 5.31. The van der Waals surface area contributed by atoms with Crippen molar-refractivity contribution in [2.45, 2.75) is 26.2 Å². The van der Waals surface area contributed by atoms with Gasteiger partial charge < -0.3 is 29.7 Å². The van der Waals surface area contributed by atoms with Crippen LogP contribution in [0, 0.1) is 5.92 Å². The summed E-state index contributed by atoms with van der Waals surface area (Å²) in [6.07, 6.45) is 3.34. The van der Waals surface area contributed by atoms with Crippen LogP contribution < -0.4 is 20.1 Å². The lowest BCUT2D eigenvalue weighted by molar-refractivity contribution is 0.121. The summed E-state index contributed by atoms with van der Waals surface area (Å²) in [4.78, 5) is 7.30. The Morgan fingerprint density at radius 2 is 2.04 bits per heavy atom. The van der Waals surface area contributed by atoms with E-state index >= 15 is 0 Å². The molecule has 1 saturated heterocycles. The highest BCUT2D eigenvalue weighted by molar-refractivity contribution is 5.79. The van der Waals surface area contributed by atoms with Gasteiger partial charge in [-0.15, -0.1) is 0 Å². The van der Waals surface area contributed by atoms with Crippen molar-refractivity contribution in [3.8, 4) is 11.5 Å². The second-order valence-corrected chi connectivity index (χ2v) is 7.36. The second-order valence-electron chi connectivity index (χ2n) is 7.36. The summed E-state index contributed by atoms with van der Waals surface area (Å²) in [5, 5.41) is 6.81. The summed E-state index contributed by atoms with van der Waals surface area (Å²) in [5.74, 6) is 3.25. The number of hydrogen-bond acceptors (Lipinski definition) is 5. The van der Waals surface area contributed by atoms with Gasteiger partial charge in [0.2, 0.25) is 6.79 Å². The molecule has 28 heavy (non-hydrogen) atoms. The number of methoxy groups -OCH3 is 1. The number of likely N-dealkylation sites (tertiary alicyclic amines) is 1. The highest BCUT2D eigenvalue weighted by atomic mass is 16.7. The quantitative estimate of drug-likeness (QED) is 0.496. The third kappa shape index (κ3) is 6.27. The molecule has 0 aliphatic carbocycles. The first-order valence-corrected chi connectivity index (χ1v) is 10.4. The molecule has 0 bridgehead atoms. The van der Waals surface area contributed by atoms with E-state index in [9.17, 15) is 0 Å². The van der Waals surface area contributed by atoms with Crippen molar-refractivity contribution in [3.63, 3.8) is 0 Å². The molecule has 2 aliphatic heterocycles. The molecule has 7 heteroatoms. The predicted octanol–water partition coefficient (Wildman–Crippen LogP) is 1.87. The number of rotatable bonds is 9. The Morgan fingerprint density at radius 3 is 2.82 bits per heavy atom. The molecule has 1 aromatic carbocycles. The number of hydrogen-bond donors (Lipinski definition) is 2. The van der Waals surface area contributed by atoms with Crippen LogP contribution in [0.3, 0.4) is 0 Å². The van der Waals surface area contributed by atoms with Crippen molar-refractivity contribution in [1.29, 1.82) is 0 Å². The van der Waals surface area contributed by atoms with Crippen molar-refractivity contribution >= 4 is 5.96 Å². The van der Waals surface area contributed by atoms with Gasteiger partial charge in [-0.3, -0.25) is 4.99 Å². The molecule has 1 fully saturated rings. The van der Waals surface area contributed by atoms with E-state index in [4.69, 9.17) is 19.2 Å². The van der Waals surface area contributed by atoms with Crippen LogP contribution in [0.4, 0.5) is 0 Å². The van der Waals surface area contributed by atoms with Gasteiger partial charge in [-0.1, -0.05) is 6.07 Å². The van der Waals surface area contributed by atoms with Gasteiger partial charge in [-0.25, -0.2) is 0 Å². The third-order valence-electron chi connectivity index (χ3n) is 5.31. The number of nitrogens with one attached hydrogen (secondary N) is 2. The highest BCUT2D eigenvalue weighted by Gasteiger charge is 2.18. The molecule has 0 saturated carbocycles. The number of benzene rings is 1. The van der Waals surface area contributed by atoms with Crippen LogP contribution in [0.2, 0.25) is 0 Å². The number of fused-ring (bicyclic) bond motifs is 1. The molecule has 0 radical (unpaired) electrons. The van der Waals surface area contributed by atoms with Gasteiger partial charge in [0.15, 0.2) is 17.5 Å². The fraction of sp³-hybridized carbons (Fsp3) is 0.667. The maximum atomic E-state index is 5.45. The van der Waals surface area contributed by atoms with E-state index in [0.29, 0.717) is 12.7 Å². The largest absolute Gasteiger partial charge is 0.454 e. The Hall–Kier alpha value is -1.99. The van der Waals surface area contributed by atoms with Crippen molar-refractivity contribution in [2.24, 2.45) is 10.9 Å². The van der Waals surface area contributed by atoms with E-state index in [2.05, 4.69) is 34.6 Å². The van der Waals surface area contributed by atoms with E-state index in [0.717, 1.165) is 69.8 Å². The van der Waals surface area contributed by atoms with Gasteiger partial charge in [0.25, 0.3) is 0 Å². The lowest BCUT2D eigenvalue weighted by Gasteiger charge is -2.31. The van der Waals surface area contributed by atoms with Crippen LogP contribution in [-0.2, 0) is 11.2 Å². The number of aliphatic imine (C=N–C) groups is 1. The van der Waals surface area contributed by atoms with E-state index in [1.165, 1.54) is 18.4 Å². The van der Waals surface area contributed by atoms with E-state index in [-0.39, 0.29) is 0 Å². The monoisotopic (exact) mass is 390 g/mol. The van der Waals surface area contributed by atoms with E-state index in [1.807, 2.05) is 6.07 Å². The molecular formula is C21H34N4O3. The van der Waals surface area contributed by atoms with Gasteiger partial charge in [0, 0.05) is 33.3 Å². The Morgan fingerprint density at radius 1 is 1.21 bits per heavy atom. The molecule has 2 aliphatic rings. The summed E-state index contributed by atoms with van der Waals surface area (Å²) >= 11 is 0. The summed E-state index contributed by atoms with van der Waals surface area (Å²) in [6.45, 7) is 9.17. The summed E-state index contributed by atoms with van der Waals surface area (Å²) in [7, 11) is 1.77. The molecule has 156 valence electrons. The van der Waals surface area contributed by atoms with Crippen molar-refractivity contribution in [1.82, 2.24) is 15.5 Å². The fourth-order valence-corrected chi connectivity index (χ4v) is 3.60. The lowest BCUT2D eigenvalue weighted by atomic mass is 9.97. The molecule has 2 N–H and O–H groups in total. The average Bonchev–Trinajstić information content (AvgIpc) is 3.19. The molecule has 0 amide bonds. The standard InChI is InChI=1S/C21H34N4O3/c1-3-22-21(24-15-18-7-10-25(11-8-18)12-13-26-2)23-9-6-17-4-5-19-20(14-17)28-16-27-19/h4-5,14,18H,3,6-13,15-16H2,1-2H3,(H2,22,23,24). The molecule has 0 atom stereocenters. The molecule has 3 rings (SSSR count). The van der Waals surface area contributed by atoms with Gasteiger partial charge >= 0.3 is 0 Å². The topological polar surface area (TPSA) is 67.4 Å². The minimum atomic E-state index is 0.319. The van der Waals surface area contributed by atoms with Crippen molar-refractivity contribution in [2.75, 3.05) is 59.8 Å². The number of piperidine rings is 1. The Kier molecular flexibility index (Phi) is 8.23. The number of ether oxygens (including phenoxy) is 3. The summed E-state index contributed by atoms with van der Waals surface area (Å²) in [6, 6.07) is 6.14. The van der Waals surface area contributed by atoms with Gasteiger partial charge in [-0.05, 0) is 62.9 Å². The number of guanidine groups is 1. The zero-order valence-electron chi connectivity index (χ0n) is 17.2. The molecular weight excluding hydrogens is 356 g/mol. The summed E-state index contributed by atoms with van der Waals surface area (Å²) < 4.78 is 16.0. The minimum absolute atomic E-state index is 0.319. The molecule has 2 heterocycles. The minimum Gasteiger partial charge on any atom is -0.454 e. The zero-order valence-corrected chi connectivity index (χ0v) is 17.2. The van der Waals surface area contributed by atoms with Crippen LogP contribution in [0.15, 0.2) is 23.2 Å². The molecule has 0 unspecified atom stereocenters. The lowest BCUT2D eigenvalue weighted by Crippen LogP contribution is -2.40. The second kappa shape index (κ2) is 11.1. The maximum absolute atomic E-state index is 5.45. The van der Waals surface area contributed by atoms with E-state index < -0.39 is 0 Å². The molecule has 0 spiro atoms. The Labute approximate surface area is 168 Å². The van der Waals surface area contributed by atoms with Crippen molar-refractivity contribution in [3.05, 3.63) is 23.8 Å². The first-order chi connectivity index (χ1) is 13.8. The van der Waals surface area contributed by atoms with E-state index in [1.54, 1.807) is 7.11 Å². The predicted molar refractivity (Wildman–Crippen MR) is 111 cm³/mol. The molecule has 1 aromatic rings. The Bertz CT molecular complexity index is 630. The van der Waals surface area contributed by atoms with Gasteiger partial charge in [-0.2, -0.15) is 0 Å². The van der Waals surface area contributed by atoms with Gasteiger partial charge in [0.05, 0.1) is 6.61 Å². The van der Waals surface area contributed by atoms with Gasteiger partial charge in [0.1, 0.15) is 0 Å². The van der Waals surface area contributed by atoms with Crippen LogP contribution in [0.5, 0.6) is 11.5 Å². The smallest absolute Gasteiger partial charge is 0.231 e. The van der Waals surface area contributed by atoms with Crippen LogP contribution >= 0.6 is 0 Å². The highest BCUT2D eigenvalue weighted by Crippen LogP contribution is 2.32. The Balaban J connectivity index is 1.40. The summed E-state index contributed by atoms with van der Waals surface area (Å²) in [5.41, 5.74) is 1.23. The zero-order chi connectivity index (χ0) is 19.6. The first kappa shape index (κ1) is 20.7. The van der Waals surface area contributed by atoms with Crippen molar-refractivity contribution < 1.29 is 14.2 Å². The molecule has 0 aromatic heterocycles. The van der Waals surface area contributed by atoms with Crippen LogP contribution in [0.25, 0.3) is 0 Å². The van der Waals surface area contributed by atoms with Crippen LogP contribution in [-0.4, -0.2) is 70.6 Å². The average molecular weight is 391 g/mol. The fourth-order valence-electron chi connectivity index (χ4n) is 3.60.